The molecular weight excluding hydrogens is 480 g/mol. The van der Waals surface area contributed by atoms with Gasteiger partial charge in [-0.25, -0.2) is 13.1 Å². The van der Waals surface area contributed by atoms with E-state index in [1.165, 1.54) is 18.4 Å². The number of aromatic nitrogens is 1. The third-order valence-corrected chi connectivity index (χ3v) is 7.89. The standard InChI is InChI=1S/C20H17ClN2O7S2/c1-9-13(14(11(3)24)6-12-8-28-30-18(9)12)7-15(25)19-16(4-5-31-19)32(26,27)23-20-17(21)10(2)22-29-20/h4-6,23H,7-8H2,1-3H3. The molecule has 32 heavy (non-hydrogen) atoms. The monoisotopic (exact) mass is 496 g/mol. The number of Topliss-reactive ketones (excluding diaryl/α,β-unsaturated/α-hetero) is 2. The maximum Gasteiger partial charge on any atom is 0.265 e. The van der Waals surface area contributed by atoms with Crippen LogP contribution in [0.1, 0.15) is 49.3 Å². The van der Waals surface area contributed by atoms with Gasteiger partial charge >= 0.3 is 0 Å². The number of hydrogen-bond donors (Lipinski definition) is 1. The maximum atomic E-state index is 13.2. The number of fused-ring (bicyclic) bond motifs is 1. The predicted octanol–water partition coefficient (Wildman–Crippen LogP) is 4.26. The number of ketones is 2. The highest BCUT2D eigenvalue weighted by Crippen LogP contribution is 2.36. The van der Waals surface area contributed by atoms with Gasteiger partial charge in [0.15, 0.2) is 17.3 Å². The molecule has 1 aliphatic heterocycles. The number of anilines is 1. The zero-order valence-electron chi connectivity index (χ0n) is 17.1. The van der Waals surface area contributed by atoms with Crippen LogP contribution in [0.2, 0.25) is 5.02 Å². The molecule has 0 aliphatic carbocycles. The van der Waals surface area contributed by atoms with E-state index in [0.29, 0.717) is 33.7 Å². The molecule has 2 aromatic heterocycles. The van der Waals surface area contributed by atoms with Crippen molar-refractivity contribution in [2.75, 3.05) is 4.72 Å². The van der Waals surface area contributed by atoms with Crippen LogP contribution in [0.4, 0.5) is 5.88 Å². The van der Waals surface area contributed by atoms with E-state index in [1.54, 1.807) is 19.9 Å². The molecule has 1 N–H and O–H groups in total. The Bertz CT molecular complexity index is 1360. The van der Waals surface area contributed by atoms with Gasteiger partial charge in [0, 0.05) is 17.5 Å². The number of thiophene rings is 1. The Morgan fingerprint density at radius 1 is 1.31 bits per heavy atom. The van der Waals surface area contributed by atoms with Crippen molar-refractivity contribution in [2.45, 2.75) is 38.7 Å². The van der Waals surface area contributed by atoms with Crippen LogP contribution in [0, 0.1) is 13.8 Å². The van der Waals surface area contributed by atoms with E-state index < -0.39 is 15.8 Å². The van der Waals surface area contributed by atoms with Crippen LogP contribution in [0.3, 0.4) is 0 Å². The van der Waals surface area contributed by atoms with Crippen LogP contribution in [0.5, 0.6) is 5.75 Å². The van der Waals surface area contributed by atoms with Crippen LogP contribution in [0.25, 0.3) is 0 Å². The lowest BCUT2D eigenvalue weighted by molar-refractivity contribution is -0.194. The summed E-state index contributed by atoms with van der Waals surface area (Å²) in [6.45, 7) is 4.89. The van der Waals surface area contributed by atoms with Gasteiger partial charge < -0.3 is 9.41 Å². The van der Waals surface area contributed by atoms with Gasteiger partial charge in [0.1, 0.15) is 22.2 Å². The minimum atomic E-state index is -4.18. The van der Waals surface area contributed by atoms with Crippen LogP contribution in [-0.2, 0) is 27.9 Å². The summed E-state index contributed by atoms with van der Waals surface area (Å²) in [5.74, 6) is -0.459. The molecule has 12 heteroatoms. The second-order valence-corrected chi connectivity index (χ2v) is 10.1. The van der Waals surface area contributed by atoms with Crippen molar-refractivity contribution in [3.63, 3.8) is 0 Å². The molecule has 9 nitrogen and oxygen atoms in total. The number of sulfonamides is 1. The Balaban J connectivity index is 1.68. The van der Waals surface area contributed by atoms with Gasteiger partial charge in [-0.2, -0.15) is 4.89 Å². The Morgan fingerprint density at radius 2 is 2.06 bits per heavy atom. The number of halogens is 1. The van der Waals surface area contributed by atoms with Crippen molar-refractivity contribution in [1.82, 2.24) is 5.16 Å². The van der Waals surface area contributed by atoms with E-state index in [9.17, 15) is 18.0 Å². The van der Waals surface area contributed by atoms with E-state index in [1.807, 2.05) is 0 Å². The lowest BCUT2D eigenvalue weighted by Gasteiger charge is -2.13. The molecule has 0 amide bonds. The van der Waals surface area contributed by atoms with Crippen LogP contribution >= 0.6 is 22.9 Å². The third kappa shape index (κ3) is 3.92. The van der Waals surface area contributed by atoms with Crippen molar-refractivity contribution in [3.8, 4) is 5.75 Å². The number of hydrogen-bond acceptors (Lipinski definition) is 9. The summed E-state index contributed by atoms with van der Waals surface area (Å²) in [5.41, 5.74) is 2.46. The quantitative estimate of drug-likeness (QED) is 0.380. The van der Waals surface area contributed by atoms with Gasteiger partial charge in [-0.15, -0.1) is 11.3 Å². The van der Waals surface area contributed by atoms with E-state index in [2.05, 4.69) is 9.88 Å². The second kappa shape index (κ2) is 8.32. The predicted molar refractivity (Wildman–Crippen MR) is 116 cm³/mol. The van der Waals surface area contributed by atoms with Crippen LogP contribution < -0.4 is 9.61 Å². The summed E-state index contributed by atoms with van der Waals surface area (Å²) in [6, 6.07) is 2.96. The first-order chi connectivity index (χ1) is 15.1. The molecule has 0 bridgehead atoms. The van der Waals surface area contributed by atoms with Gasteiger partial charge in [0.2, 0.25) is 0 Å². The number of carbonyl (C=O) groups excluding carboxylic acids is 2. The molecule has 0 fully saturated rings. The van der Waals surface area contributed by atoms with Gasteiger partial charge in [-0.1, -0.05) is 16.8 Å². The first kappa shape index (κ1) is 22.5. The Kier molecular flexibility index (Phi) is 5.84. The van der Waals surface area contributed by atoms with Crippen molar-refractivity contribution in [2.24, 2.45) is 0 Å². The molecule has 1 aliphatic rings. The summed E-state index contributed by atoms with van der Waals surface area (Å²) >= 11 is 6.98. The molecule has 0 saturated carbocycles. The summed E-state index contributed by atoms with van der Waals surface area (Å²) in [6.07, 6.45) is -0.192. The smallest absolute Gasteiger partial charge is 0.265 e. The molecule has 1 aromatic carbocycles. The molecule has 3 aromatic rings. The van der Waals surface area contributed by atoms with Crippen molar-refractivity contribution < 1.29 is 32.3 Å². The molecule has 0 radical (unpaired) electrons. The lowest BCUT2D eigenvalue weighted by Crippen LogP contribution is -2.17. The average Bonchev–Trinajstić information content (AvgIpc) is 3.46. The van der Waals surface area contributed by atoms with E-state index >= 15 is 0 Å². The molecule has 3 heterocycles. The van der Waals surface area contributed by atoms with Gasteiger partial charge in [-0.05, 0) is 49.4 Å². The largest absolute Gasteiger partial charge is 0.337 e. The molecule has 0 unspecified atom stereocenters. The molecular formula is C20H17ClN2O7S2. The Labute approximate surface area is 192 Å². The highest BCUT2D eigenvalue weighted by atomic mass is 35.5. The van der Waals surface area contributed by atoms with Gasteiger partial charge in [0.25, 0.3) is 15.9 Å². The third-order valence-electron chi connectivity index (χ3n) is 4.99. The normalized spacial score (nSPS) is 13.0. The maximum absolute atomic E-state index is 13.2. The molecule has 0 spiro atoms. The number of aryl methyl sites for hydroxylation is 1. The highest BCUT2D eigenvalue weighted by molar-refractivity contribution is 7.93. The number of nitrogens with zero attached hydrogens (tertiary/aromatic N) is 1. The summed E-state index contributed by atoms with van der Waals surface area (Å²) in [4.78, 5) is 35.3. The molecule has 0 saturated heterocycles. The lowest BCUT2D eigenvalue weighted by atomic mass is 9.91. The number of benzene rings is 1. The van der Waals surface area contributed by atoms with Gasteiger partial charge in [-0.3, -0.25) is 9.59 Å². The first-order valence-electron chi connectivity index (χ1n) is 9.31. The topological polar surface area (TPSA) is 125 Å². The van der Waals surface area contributed by atoms with Crippen LogP contribution in [-0.4, -0.2) is 25.1 Å². The molecule has 4 rings (SSSR count). The highest BCUT2D eigenvalue weighted by Gasteiger charge is 2.29. The Morgan fingerprint density at radius 3 is 2.72 bits per heavy atom. The number of rotatable bonds is 7. The average molecular weight is 497 g/mol. The fraction of sp³-hybridized carbons (Fsp3) is 0.250. The minimum Gasteiger partial charge on any atom is -0.337 e. The SMILES string of the molecule is CC(=O)c1cc2c(c(C)c1CC(=O)c1sccc1S(=O)(=O)Nc1onc(C)c1Cl)OOC2. The number of nitrogens with one attached hydrogen (secondary N) is 1. The minimum absolute atomic E-state index is 0.0106. The summed E-state index contributed by atoms with van der Waals surface area (Å²) < 4.78 is 32.9. The van der Waals surface area contributed by atoms with Crippen LogP contribution in [0.15, 0.2) is 26.9 Å². The zero-order valence-corrected chi connectivity index (χ0v) is 19.5. The fourth-order valence-corrected chi connectivity index (χ4v) is 5.93. The van der Waals surface area contributed by atoms with Crippen molar-refractivity contribution >= 4 is 50.4 Å². The number of carbonyl (C=O) groups is 2. The summed E-state index contributed by atoms with van der Waals surface area (Å²) in [5, 5.41) is 5.13. The summed E-state index contributed by atoms with van der Waals surface area (Å²) in [7, 11) is -4.18. The van der Waals surface area contributed by atoms with E-state index in [0.717, 1.165) is 11.3 Å². The van der Waals surface area contributed by atoms with Crippen molar-refractivity contribution in [1.29, 1.82) is 0 Å². The zero-order chi connectivity index (χ0) is 23.2. The second-order valence-electron chi connectivity index (χ2n) is 7.15. The Hall–Kier alpha value is -2.73. The first-order valence-corrected chi connectivity index (χ1v) is 12.0. The van der Waals surface area contributed by atoms with Gasteiger partial charge in [0.05, 0.1) is 4.88 Å². The molecule has 168 valence electrons. The van der Waals surface area contributed by atoms with E-state index in [4.69, 9.17) is 25.9 Å². The fourth-order valence-electron chi connectivity index (χ4n) is 3.38. The van der Waals surface area contributed by atoms with E-state index in [-0.39, 0.29) is 39.5 Å². The van der Waals surface area contributed by atoms with Crippen molar-refractivity contribution in [3.05, 3.63) is 55.4 Å². The molecule has 0 atom stereocenters.